The molecule has 240 valence electrons. The summed E-state index contributed by atoms with van der Waals surface area (Å²) in [6.07, 6.45) is 4.73. The Kier molecular flexibility index (Phi) is 8.99. The molecule has 3 amide bonds. The first kappa shape index (κ1) is 31.9. The topological polar surface area (TPSA) is 90.4 Å². The summed E-state index contributed by atoms with van der Waals surface area (Å²) >= 11 is 1.62. The summed E-state index contributed by atoms with van der Waals surface area (Å²) in [5.74, 6) is -1.20. The lowest BCUT2D eigenvalue weighted by molar-refractivity contribution is -0.141. The third-order valence-electron chi connectivity index (χ3n) is 9.66. The molecule has 2 bridgehead atoms. The van der Waals surface area contributed by atoms with Gasteiger partial charge in [0.1, 0.15) is 11.8 Å². The van der Waals surface area contributed by atoms with Crippen molar-refractivity contribution in [1.29, 1.82) is 0 Å². The van der Waals surface area contributed by atoms with Gasteiger partial charge >= 0.3 is 0 Å². The third kappa shape index (κ3) is 5.19. The maximum atomic E-state index is 14.9. The van der Waals surface area contributed by atoms with E-state index in [0.717, 1.165) is 17.2 Å². The smallest absolute Gasteiger partial charge is 0.251 e. The Morgan fingerprint density at radius 3 is 2.33 bits per heavy atom. The van der Waals surface area contributed by atoms with Crippen LogP contribution in [0.2, 0.25) is 0 Å². The molecule has 1 N–H and O–H groups in total. The quantitative estimate of drug-likeness (QED) is 0.265. The van der Waals surface area contributed by atoms with Gasteiger partial charge < -0.3 is 24.5 Å². The first-order chi connectivity index (χ1) is 22.3. The molecule has 0 radical (unpaired) electrons. The van der Waals surface area contributed by atoms with Gasteiger partial charge in [-0.1, -0.05) is 42.5 Å². The Bertz CT molecular complexity index is 1660. The van der Waals surface area contributed by atoms with Crippen molar-refractivity contribution in [2.45, 2.75) is 48.8 Å². The van der Waals surface area contributed by atoms with E-state index in [0.29, 0.717) is 30.2 Å². The molecular weight excluding hydrogens is 598 g/mol. The van der Waals surface area contributed by atoms with E-state index in [-0.39, 0.29) is 42.7 Å². The summed E-state index contributed by atoms with van der Waals surface area (Å²) in [4.78, 5) is 48.9. The van der Waals surface area contributed by atoms with Crippen molar-refractivity contribution in [3.05, 3.63) is 92.0 Å². The number of rotatable bonds is 12. The Balaban J connectivity index is 1.39. The molecule has 0 saturated carbocycles. The van der Waals surface area contributed by atoms with Crippen LogP contribution >= 0.6 is 11.8 Å². The maximum Gasteiger partial charge on any atom is 0.251 e. The fourth-order valence-electron chi connectivity index (χ4n) is 7.68. The second-order valence-corrected chi connectivity index (χ2v) is 13.9. The number of carbonyl (C=O) groups excluding carboxylic acids is 3. The van der Waals surface area contributed by atoms with Crippen LogP contribution in [0.4, 0.5) is 11.4 Å². The monoisotopic (exact) mass is 639 g/mol. The van der Waals surface area contributed by atoms with Crippen LogP contribution in [0.15, 0.2) is 92.0 Å². The van der Waals surface area contributed by atoms with Gasteiger partial charge in [0.15, 0.2) is 0 Å². The summed E-state index contributed by atoms with van der Waals surface area (Å²) in [6.45, 7) is 12.3. The molecule has 1 spiro atoms. The molecule has 3 fully saturated rings. The average Bonchev–Trinajstić information content (AvgIpc) is 3.73. The van der Waals surface area contributed by atoms with E-state index in [4.69, 9.17) is 4.74 Å². The number of amides is 3. The summed E-state index contributed by atoms with van der Waals surface area (Å²) in [5.41, 5.74) is 1.41. The number of likely N-dealkylation sites (tertiary alicyclic amines) is 1. The molecule has 3 aliphatic heterocycles. The molecular formula is C37H41N3O5S. The van der Waals surface area contributed by atoms with Crippen LogP contribution in [0.3, 0.4) is 0 Å². The fraction of sp³-hybridized carbons (Fsp3) is 0.378. The average molecular weight is 640 g/mol. The zero-order valence-corrected chi connectivity index (χ0v) is 27.2. The molecule has 46 heavy (non-hydrogen) atoms. The molecule has 9 heteroatoms. The largest absolute Gasteiger partial charge is 0.494 e. The fourth-order valence-corrected chi connectivity index (χ4v) is 9.87. The van der Waals surface area contributed by atoms with Crippen LogP contribution in [0, 0.1) is 11.8 Å². The van der Waals surface area contributed by atoms with Crippen molar-refractivity contribution in [3.8, 4) is 5.75 Å². The number of carbonyl (C=O) groups is 3. The van der Waals surface area contributed by atoms with E-state index in [1.165, 1.54) is 0 Å². The van der Waals surface area contributed by atoms with Gasteiger partial charge in [-0.25, -0.2) is 0 Å². The number of fused-ring (bicyclic) bond motifs is 2. The van der Waals surface area contributed by atoms with Crippen LogP contribution in [-0.2, 0) is 14.4 Å². The minimum atomic E-state index is -0.843. The van der Waals surface area contributed by atoms with Gasteiger partial charge in [0.25, 0.3) is 5.91 Å². The summed E-state index contributed by atoms with van der Waals surface area (Å²) in [6, 6.07) is 19.8. The van der Waals surface area contributed by atoms with Crippen molar-refractivity contribution in [1.82, 2.24) is 4.90 Å². The molecule has 0 aliphatic carbocycles. The first-order valence-electron chi connectivity index (χ1n) is 16.0. The molecule has 3 aromatic rings. The number of anilines is 2. The van der Waals surface area contributed by atoms with Gasteiger partial charge in [-0.15, -0.1) is 24.9 Å². The maximum absolute atomic E-state index is 14.9. The van der Waals surface area contributed by atoms with Gasteiger partial charge in [0.05, 0.1) is 35.8 Å². The van der Waals surface area contributed by atoms with Crippen LogP contribution in [-0.4, -0.2) is 76.1 Å². The molecule has 3 heterocycles. The number of aliphatic hydroxyl groups excluding tert-OH is 1. The van der Waals surface area contributed by atoms with Gasteiger partial charge in [0, 0.05) is 29.7 Å². The SMILES string of the molecule is C=CCN(C(=O)C1N([C@H](C)CO)C(=O)[C@@H]2[C@H](C(=O)N(CC=C)c3ccc(OCC)cc3)[C@@H]3CCC12S3)c1ccc2ccccc2c1. The Morgan fingerprint density at radius 2 is 1.67 bits per heavy atom. The van der Waals surface area contributed by atoms with E-state index in [1.807, 2.05) is 73.7 Å². The second-order valence-electron chi connectivity index (χ2n) is 12.3. The van der Waals surface area contributed by atoms with Gasteiger partial charge in [0.2, 0.25) is 11.8 Å². The van der Waals surface area contributed by atoms with E-state index in [9.17, 15) is 19.5 Å². The van der Waals surface area contributed by atoms with Crippen molar-refractivity contribution >= 4 is 51.6 Å². The normalized spacial score (nSPS) is 25.3. The van der Waals surface area contributed by atoms with E-state index in [1.54, 1.807) is 45.5 Å². The molecule has 3 aliphatic rings. The van der Waals surface area contributed by atoms with Crippen LogP contribution in [0.1, 0.15) is 26.7 Å². The molecule has 6 rings (SSSR count). The van der Waals surface area contributed by atoms with Crippen molar-refractivity contribution in [2.24, 2.45) is 11.8 Å². The van der Waals surface area contributed by atoms with E-state index >= 15 is 0 Å². The predicted molar refractivity (Wildman–Crippen MR) is 184 cm³/mol. The van der Waals surface area contributed by atoms with Gasteiger partial charge in [-0.2, -0.15) is 0 Å². The van der Waals surface area contributed by atoms with E-state index < -0.39 is 28.7 Å². The third-order valence-corrected chi connectivity index (χ3v) is 11.6. The lowest BCUT2D eigenvalue weighted by Gasteiger charge is -2.39. The molecule has 3 aromatic carbocycles. The minimum absolute atomic E-state index is 0.105. The highest BCUT2D eigenvalue weighted by molar-refractivity contribution is 8.02. The number of hydrogen-bond acceptors (Lipinski definition) is 6. The van der Waals surface area contributed by atoms with Crippen LogP contribution < -0.4 is 14.5 Å². The molecule has 3 saturated heterocycles. The molecule has 8 nitrogen and oxygen atoms in total. The summed E-state index contributed by atoms with van der Waals surface area (Å²) < 4.78 is 4.81. The number of ether oxygens (including phenoxy) is 1. The zero-order chi connectivity index (χ0) is 32.6. The van der Waals surface area contributed by atoms with Crippen molar-refractivity contribution in [3.63, 3.8) is 0 Å². The number of thioether (sulfide) groups is 1. The highest BCUT2D eigenvalue weighted by atomic mass is 32.2. The highest BCUT2D eigenvalue weighted by Crippen LogP contribution is 2.67. The summed E-state index contributed by atoms with van der Waals surface area (Å²) in [5, 5.41) is 12.3. The van der Waals surface area contributed by atoms with E-state index in [2.05, 4.69) is 13.2 Å². The second kappa shape index (κ2) is 13.0. The zero-order valence-electron chi connectivity index (χ0n) is 26.4. The van der Waals surface area contributed by atoms with Crippen molar-refractivity contribution in [2.75, 3.05) is 36.1 Å². The van der Waals surface area contributed by atoms with Gasteiger partial charge in [-0.05, 0) is 73.9 Å². The number of benzene rings is 3. The molecule has 0 aromatic heterocycles. The summed E-state index contributed by atoms with van der Waals surface area (Å²) in [7, 11) is 0. The molecule has 2 unspecified atom stereocenters. The van der Waals surface area contributed by atoms with Crippen LogP contribution in [0.25, 0.3) is 10.8 Å². The Labute approximate surface area is 274 Å². The lowest BCUT2D eigenvalue weighted by Crippen LogP contribution is -2.57. The Hall–Kier alpha value is -4.08. The Morgan fingerprint density at radius 1 is 1.02 bits per heavy atom. The molecule has 6 atom stereocenters. The number of hydrogen-bond donors (Lipinski definition) is 1. The predicted octanol–water partition coefficient (Wildman–Crippen LogP) is 5.45. The standard InChI is InChI=1S/C37H41N3O5S/c1-5-20-38(27-14-16-29(17-15-27)45-7-3)34(42)31-30-18-19-37(46-30)32(31)35(43)40(24(4)23-41)33(37)36(44)39(21-6-2)28-13-12-25-10-8-9-11-26(25)22-28/h5-6,8-17,22,24,30-33,41H,1-2,7,18-21,23H2,3-4H3/t24-,30+,31-,32+,33?,37?/m1/s1. The van der Waals surface area contributed by atoms with Crippen LogP contribution in [0.5, 0.6) is 5.75 Å². The van der Waals surface area contributed by atoms with Gasteiger partial charge in [-0.3, -0.25) is 14.4 Å². The minimum Gasteiger partial charge on any atom is -0.494 e. The first-order valence-corrected chi connectivity index (χ1v) is 16.8. The number of nitrogens with zero attached hydrogens (tertiary/aromatic N) is 3. The highest BCUT2D eigenvalue weighted by Gasteiger charge is 2.74. The lowest BCUT2D eigenvalue weighted by atomic mass is 9.70. The van der Waals surface area contributed by atoms with Crippen molar-refractivity contribution < 1.29 is 24.2 Å². The number of aliphatic hydroxyl groups is 1.